The molecule has 0 saturated heterocycles. The van der Waals surface area contributed by atoms with Crippen LogP contribution in [0.3, 0.4) is 0 Å². The highest BCUT2D eigenvalue weighted by Gasteiger charge is 2.37. The Balaban J connectivity index is 2.27. The maximum atomic E-state index is 11.4. The van der Waals surface area contributed by atoms with Gasteiger partial charge in [-0.2, -0.15) is 4.98 Å². The van der Waals surface area contributed by atoms with Crippen LogP contribution in [0.2, 0.25) is 0 Å². The predicted octanol–water partition coefficient (Wildman–Crippen LogP) is 0.903. The minimum absolute atomic E-state index is 0.124. The summed E-state index contributed by atoms with van der Waals surface area (Å²) in [6, 6.07) is 0. The second kappa shape index (κ2) is 4.06. The molecule has 0 radical (unpaired) electrons. The number of sulfone groups is 1. The summed E-state index contributed by atoms with van der Waals surface area (Å²) >= 11 is 0. The summed E-state index contributed by atoms with van der Waals surface area (Å²) in [6.07, 6.45) is 4.87. The van der Waals surface area contributed by atoms with Crippen LogP contribution in [-0.4, -0.2) is 24.8 Å². The summed E-state index contributed by atoms with van der Waals surface area (Å²) in [5.74, 6) is 0.555. The lowest BCUT2D eigenvalue weighted by Gasteiger charge is -2.17. The molecular weight excluding hydrogens is 242 g/mol. The Morgan fingerprint density at radius 3 is 2.53 bits per heavy atom. The Bertz CT molecular complexity index is 503. The molecule has 1 fully saturated rings. The van der Waals surface area contributed by atoms with Crippen LogP contribution in [0.25, 0.3) is 0 Å². The first-order chi connectivity index (χ1) is 7.83. The van der Waals surface area contributed by atoms with Gasteiger partial charge in [0.15, 0.2) is 15.7 Å². The standard InChI is InChI=1S/C10H17N3O3S/c1-7(17(2,14)15)8-12-9(13-16-8)10(11)5-3-4-6-10/h7H,3-6,11H2,1-2H3. The van der Waals surface area contributed by atoms with Gasteiger partial charge in [0.2, 0.25) is 5.89 Å². The SMILES string of the molecule is CC(c1nc(C2(N)CCCC2)no1)S(C)(=O)=O. The van der Waals surface area contributed by atoms with E-state index in [1.807, 2.05) is 0 Å². The summed E-state index contributed by atoms with van der Waals surface area (Å²) in [5.41, 5.74) is 5.63. The molecule has 1 aromatic rings. The highest BCUT2D eigenvalue weighted by molar-refractivity contribution is 7.90. The second-order valence-corrected chi connectivity index (χ2v) is 7.16. The fourth-order valence-electron chi connectivity index (χ4n) is 2.02. The van der Waals surface area contributed by atoms with Gasteiger partial charge < -0.3 is 10.3 Å². The van der Waals surface area contributed by atoms with Gasteiger partial charge in [-0.15, -0.1) is 0 Å². The van der Waals surface area contributed by atoms with Gasteiger partial charge in [-0.1, -0.05) is 18.0 Å². The Labute approximate surface area is 100 Å². The average molecular weight is 259 g/mol. The third kappa shape index (κ3) is 2.35. The van der Waals surface area contributed by atoms with Crippen molar-refractivity contribution in [3.8, 4) is 0 Å². The molecule has 1 aromatic heterocycles. The number of rotatable bonds is 3. The molecule has 0 amide bonds. The number of nitrogens with two attached hydrogens (primary N) is 1. The van der Waals surface area contributed by atoms with E-state index in [1.54, 1.807) is 0 Å². The fraction of sp³-hybridized carbons (Fsp3) is 0.800. The smallest absolute Gasteiger partial charge is 0.244 e. The number of hydrogen-bond donors (Lipinski definition) is 1. The Hall–Kier alpha value is -0.950. The highest BCUT2D eigenvalue weighted by atomic mass is 32.2. The van der Waals surface area contributed by atoms with Crippen LogP contribution >= 0.6 is 0 Å². The van der Waals surface area contributed by atoms with Gasteiger partial charge >= 0.3 is 0 Å². The maximum absolute atomic E-state index is 11.4. The highest BCUT2D eigenvalue weighted by Crippen LogP contribution is 2.35. The van der Waals surface area contributed by atoms with Crippen molar-refractivity contribution in [3.05, 3.63) is 11.7 Å². The topological polar surface area (TPSA) is 99.1 Å². The van der Waals surface area contributed by atoms with Crippen LogP contribution in [0.1, 0.15) is 49.6 Å². The zero-order valence-corrected chi connectivity index (χ0v) is 10.8. The monoisotopic (exact) mass is 259 g/mol. The van der Waals surface area contributed by atoms with E-state index in [4.69, 9.17) is 10.3 Å². The lowest BCUT2D eigenvalue weighted by molar-refractivity contribution is 0.348. The third-order valence-electron chi connectivity index (χ3n) is 3.37. The first kappa shape index (κ1) is 12.5. The Morgan fingerprint density at radius 1 is 1.41 bits per heavy atom. The van der Waals surface area contributed by atoms with E-state index >= 15 is 0 Å². The van der Waals surface area contributed by atoms with Crippen LogP contribution in [0.4, 0.5) is 0 Å². The largest absolute Gasteiger partial charge is 0.338 e. The van der Waals surface area contributed by atoms with E-state index < -0.39 is 20.6 Å². The van der Waals surface area contributed by atoms with Crippen molar-refractivity contribution in [2.24, 2.45) is 5.73 Å². The molecule has 1 heterocycles. The molecule has 6 nitrogen and oxygen atoms in total. The molecule has 1 unspecified atom stereocenters. The predicted molar refractivity (Wildman–Crippen MR) is 61.9 cm³/mol. The second-order valence-electron chi connectivity index (χ2n) is 4.79. The van der Waals surface area contributed by atoms with E-state index in [9.17, 15) is 8.42 Å². The van der Waals surface area contributed by atoms with Gasteiger partial charge in [-0.05, 0) is 19.8 Å². The summed E-state index contributed by atoms with van der Waals surface area (Å²) in [5, 5.41) is 3.05. The molecule has 2 N–H and O–H groups in total. The van der Waals surface area contributed by atoms with Gasteiger partial charge in [0.25, 0.3) is 0 Å². The van der Waals surface area contributed by atoms with Crippen LogP contribution in [-0.2, 0) is 15.4 Å². The maximum Gasteiger partial charge on any atom is 0.244 e. The molecule has 1 saturated carbocycles. The van der Waals surface area contributed by atoms with Crippen LogP contribution < -0.4 is 5.73 Å². The van der Waals surface area contributed by atoms with E-state index in [1.165, 1.54) is 6.92 Å². The van der Waals surface area contributed by atoms with Gasteiger partial charge in [-0.3, -0.25) is 0 Å². The third-order valence-corrected chi connectivity index (χ3v) is 4.86. The first-order valence-corrected chi connectivity index (χ1v) is 7.60. The molecule has 96 valence electrons. The molecule has 0 aromatic carbocycles. The average Bonchev–Trinajstić information content (AvgIpc) is 2.84. The lowest BCUT2D eigenvalue weighted by atomic mass is 9.99. The van der Waals surface area contributed by atoms with Gasteiger partial charge in [-0.25, -0.2) is 8.42 Å². The summed E-state index contributed by atoms with van der Waals surface area (Å²) in [6.45, 7) is 1.53. The first-order valence-electron chi connectivity index (χ1n) is 5.65. The molecule has 0 bridgehead atoms. The summed E-state index contributed by atoms with van der Waals surface area (Å²) < 4.78 is 27.8. The van der Waals surface area contributed by atoms with Crippen LogP contribution in [0.5, 0.6) is 0 Å². The molecule has 1 aliphatic carbocycles. The van der Waals surface area contributed by atoms with Gasteiger partial charge in [0.1, 0.15) is 5.25 Å². The molecule has 0 aliphatic heterocycles. The minimum atomic E-state index is -3.22. The van der Waals surface area contributed by atoms with Gasteiger partial charge in [0.05, 0.1) is 5.54 Å². The Kier molecular flexibility index (Phi) is 2.99. The van der Waals surface area contributed by atoms with Gasteiger partial charge in [0, 0.05) is 6.26 Å². The van der Waals surface area contributed by atoms with E-state index in [2.05, 4.69) is 10.1 Å². The van der Waals surface area contributed by atoms with Crippen molar-refractivity contribution in [2.45, 2.75) is 43.4 Å². The number of nitrogens with zero attached hydrogens (tertiary/aromatic N) is 2. The fourth-order valence-corrected chi connectivity index (χ4v) is 2.48. The quantitative estimate of drug-likeness (QED) is 0.865. The lowest BCUT2D eigenvalue weighted by Crippen LogP contribution is -2.34. The zero-order valence-electron chi connectivity index (χ0n) is 10.0. The summed E-state index contributed by atoms with van der Waals surface area (Å²) in [7, 11) is -3.22. The van der Waals surface area contributed by atoms with Crippen molar-refractivity contribution in [1.29, 1.82) is 0 Å². The molecule has 17 heavy (non-hydrogen) atoms. The van der Waals surface area contributed by atoms with E-state index in [0.29, 0.717) is 5.82 Å². The van der Waals surface area contributed by atoms with Crippen molar-refractivity contribution < 1.29 is 12.9 Å². The normalized spacial score (nSPS) is 21.6. The van der Waals surface area contributed by atoms with Crippen LogP contribution in [0, 0.1) is 0 Å². The van der Waals surface area contributed by atoms with E-state index in [-0.39, 0.29) is 5.89 Å². The van der Waals surface area contributed by atoms with Crippen molar-refractivity contribution in [2.75, 3.05) is 6.26 Å². The number of hydrogen-bond acceptors (Lipinski definition) is 6. The van der Waals surface area contributed by atoms with E-state index in [0.717, 1.165) is 31.9 Å². The molecule has 1 atom stereocenters. The van der Waals surface area contributed by atoms with Crippen molar-refractivity contribution in [1.82, 2.24) is 10.1 Å². The summed E-state index contributed by atoms with van der Waals surface area (Å²) in [4.78, 5) is 4.15. The molecule has 7 heteroatoms. The van der Waals surface area contributed by atoms with Crippen LogP contribution in [0.15, 0.2) is 4.52 Å². The molecular formula is C10H17N3O3S. The minimum Gasteiger partial charge on any atom is -0.338 e. The van der Waals surface area contributed by atoms with Crippen molar-refractivity contribution >= 4 is 9.84 Å². The Morgan fingerprint density at radius 2 is 2.00 bits per heavy atom. The zero-order chi connectivity index (χ0) is 12.7. The van der Waals surface area contributed by atoms with Crippen molar-refractivity contribution in [3.63, 3.8) is 0 Å². The molecule has 0 spiro atoms. The molecule has 2 rings (SSSR count). The molecule has 1 aliphatic rings. The number of aromatic nitrogens is 2.